The van der Waals surface area contributed by atoms with E-state index in [2.05, 4.69) is 20.6 Å². The molecule has 0 saturated heterocycles. The molecule has 1 heterocycles. The van der Waals surface area contributed by atoms with Crippen LogP contribution in [0.4, 0.5) is 4.39 Å². The quantitative estimate of drug-likeness (QED) is 0.375. The van der Waals surface area contributed by atoms with Crippen LogP contribution >= 0.6 is 0 Å². The lowest BCUT2D eigenvalue weighted by Gasteiger charge is -2.11. The molecule has 0 fully saturated rings. The fraction of sp³-hybridized carbons (Fsp3) is 0.500. The Morgan fingerprint density at radius 3 is 2.88 bits per heavy atom. The van der Waals surface area contributed by atoms with Gasteiger partial charge >= 0.3 is 0 Å². The van der Waals surface area contributed by atoms with Gasteiger partial charge in [-0.1, -0.05) is 0 Å². The molecule has 0 bridgehead atoms. The van der Waals surface area contributed by atoms with Crippen molar-refractivity contribution in [3.63, 3.8) is 0 Å². The summed E-state index contributed by atoms with van der Waals surface area (Å²) in [4.78, 5) is 7.33. The highest BCUT2D eigenvalue weighted by molar-refractivity contribution is 5.83. The molecule has 0 aliphatic rings. The number of guanidine groups is 1. The first-order valence-corrected chi connectivity index (χ1v) is 8.52. The van der Waals surface area contributed by atoms with Gasteiger partial charge < -0.3 is 20.4 Å². The molecule has 3 N–H and O–H groups in total. The third-order valence-corrected chi connectivity index (χ3v) is 3.85. The Hall–Kier alpha value is -2.08. The van der Waals surface area contributed by atoms with Gasteiger partial charge in [0.15, 0.2) is 5.96 Å². The second kappa shape index (κ2) is 9.93. The molecule has 132 valence electrons. The van der Waals surface area contributed by atoms with E-state index < -0.39 is 0 Å². The predicted molar refractivity (Wildman–Crippen MR) is 97.1 cm³/mol. The molecule has 0 saturated carbocycles. The Labute approximate surface area is 142 Å². The first-order valence-electron chi connectivity index (χ1n) is 8.52. The normalized spacial score (nSPS) is 11.9. The van der Waals surface area contributed by atoms with Gasteiger partial charge in [-0.2, -0.15) is 0 Å². The summed E-state index contributed by atoms with van der Waals surface area (Å²) in [5.74, 6) is 0.584. The van der Waals surface area contributed by atoms with Gasteiger partial charge in [0.2, 0.25) is 0 Å². The summed E-state index contributed by atoms with van der Waals surface area (Å²) in [6.45, 7) is 5.23. The number of H-pyrrole nitrogens is 1. The molecule has 0 amide bonds. The minimum absolute atomic E-state index is 0.219. The summed E-state index contributed by atoms with van der Waals surface area (Å²) >= 11 is 0. The average molecular weight is 334 g/mol. The lowest BCUT2D eigenvalue weighted by Crippen LogP contribution is -2.38. The fourth-order valence-electron chi connectivity index (χ4n) is 2.58. The van der Waals surface area contributed by atoms with Gasteiger partial charge in [0.1, 0.15) is 5.82 Å². The molecule has 6 heteroatoms. The Kier molecular flexibility index (Phi) is 7.55. The number of nitrogens with one attached hydrogen (secondary N) is 3. The van der Waals surface area contributed by atoms with Crippen LogP contribution < -0.4 is 10.6 Å². The van der Waals surface area contributed by atoms with E-state index in [-0.39, 0.29) is 5.82 Å². The largest absolute Gasteiger partial charge is 0.382 e. The fourth-order valence-corrected chi connectivity index (χ4v) is 2.58. The van der Waals surface area contributed by atoms with Crippen molar-refractivity contribution in [1.82, 2.24) is 15.6 Å². The smallest absolute Gasteiger partial charge is 0.190 e. The van der Waals surface area contributed by atoms with Crippen molar-refractivity contribution in [1.29, 1.82) is 0 Å². The molecule has 2 rings (SSSR count). The van der Waals surface area contributed by atoms with Gasteiger partial charge in [0.25, 0.3) is 0 Å². The zero-order valence-corrected chi connectivity index (χ0v) is 14.5. The van der Waals surface area contributed by atoms with Crippen LogP contribution in [0.3, 0.4) is 0 Å². The van der Waals surface area contributed by atoms with Gasteiger partial charge in [-0.3, -0.25) is 4.99 Å². The van der Waals surface area contributed by atoms with Crippen molar-refractivity contribution < 1.29 is 9.13 Å². The van der Waals surface area contributed by atoms with Crippen molar-refractivity contribution in [2.24, 2.45) is 4.99 Å². The maximum Gasteiger partial charge on any atom is 0.190 e. The molecule has 1 aromatic carbocycles. The van der Waals surface area contributed by atoms with Crippen LogP contribution in [0.25, 0.3) is 10.9 Å². The van der Waals surface area contributed by atoms with Crippen LogP contribution in [0.15, 0.2) is 29.4 Å². The number of aliphatic imine (C=N–C) groups is 1. The number of benzene rings is 1. The van der Waals surface area contributed by atoms with E-state index in [9.17, 15) is 4.39 Å². The number of fused-ring (bicyclic) bond motifs is 1. The molecule has 1 aromatic heterocycles. The Balaban J connectivity index is 1.71. The van der Waals surface area contributed by atoms with Crippen molar-refractivity contribution in [2.45, 2.75) is 26.2 Å². The molecule has 0 spiro atoms. The third kappa shape index (κ3) is 5.53. The number of aromatic nitrogens is 1. The molecule has 0 aliphatic heterocycles. The first-order chi connectivity index (χ1) is 11.7. The van der Waals surface area contributed by atoms with Gasteiger partial charge in [0.05, 0.1) is 0 Å². The highest BCUT2D eigenvalue weighted by Crippen LogP contribution is 2.19. The Morgan fingerprint density at radius 2 is 2.08 bits per heavy atom. The van der Waals surface area contributed by atoms with Crippen molar-refractivity contribution >= 4 is 16.9 Å². The van der Waals surface area contributed by atoms with Crippen LogP contribution in [0.5, 0.6) is 0 Å². The summed E-state index contributed by atoms with van der Waals surface area (Å²) in [6.07, 6.45) is 4.88. The molecule has 0 unspecified atom stereocenters. The highest BCUT2D eigenvalue weighted by atomic mass is 19.1. The molecular weight excluding hydrogens is 307 g/mol. The maximum atomic E-state index is 13.2. The minimum atomic E-state index is -0.219. The summed E-state index contributed by atoms with van der Waals surface area (Å²) in [6, 6.07) is 4.84. The van der Waals surface area contributed by atoms with Crippen molar-refractivity contribution in [3.05, 3.63) is 35.8 Å². The van der Waals surface area contributed by atoms with E-state index in [0.29, 0.717) is 0 Å². The number of halogens is 1. The van der Waals surface area contributed by atoms with E-state index >= 15 is 0 Å². The molecule has 5 nitrogen and oxygen atoms in total. The Morgan fingerprint density at radius 1 is 1.25 bits per heavy atom. The highest BCUT2D eigenvalue weighted by Gasteiger charge is 2.05. The molecule has 24 heavy (non-hydrogen) atoms. The van der Waals surface area contributed by atoms with E-state index in [1.807, 2.05) is 19.2 Å². The van der Waals surface area contributed by atoms with Crippen molar-refractivity contribution in [3.8, 4) is 0 Å². The van der Waals surface area contributed by atoms with Crippen LogP contribution in [-0.4, -0.2) is 44.3 Å². The number of hydrogen-bond acceptors (Lipinski definition) is 2. The number of aromatic amines is 1. The number of unbranched alkanes of at least 4 members (excludes halogenated alkanes) is 1. The van der Waals surface area contributed by atoms with E-state index in [4.69, 9.17) is 4.74 Å². The predicted octanol–water partition coefficient (Wildman–Crippen LogP) is 2.83. The zero-order valence-electron chi connectivity index (χ0n) is 14.5. The molecule has 0 atom stereocenters. The number of nitrogens with zero attached hydrogens (tertiary/aromatic N) is 1. The maximum absolute atomic E-state index is 13.2. The summed E-state index contributed by atoms with van der Waals surface area (Å²) in [7, 11) is 1.77. The van der Waals surface area contributed by atoms with Gasteiger partial charge in [0, 0.05) is 50.5 Å². The number of ether oxygens (including phenoxy) is 1. The van der Waals surface area contributed by atoms with Gasteiger partial charge in [-0.25, -0.2) is 4.39 Å². The lowest BCUT2D eigenvalue weighted by molar-refractivity contribution is 0.143. The molecule has 0 radical (unpaired) electrons. The SMILES string of the molecule is CCOCCCCNC(=NC)NCCc1c[nH]c2cc(F)ccc12. The van der Waals surface area contributed by atoms with Gasteiger partial charge in [-0.15, -0.1) is 0 Å². The van der Waals surface area contributed by atoms with E-state index in [1.165, 1.54) is 17.7 Å². The average Bonchev–Trinajstić information content (AvgIpc) is 2.98. The van der Waals surface area contributed by atoms with Crippen LogP contribution in [0, 0.1) is 5.82 Å². The van der Waals surface area contributed by atoms with Crippen LogP contribution in [0.2, 0.25) is 0 Å². The Bertz CT molecular complexity index is 654. The number of hydrogen-bond donors (Lipinski definition) is 3. The van der Waals surface area contributed by atoms with Crippen LogP contribution in [0.1, 0.15) is 25.3 Å². The van der Waals surface area contributed by atoms with Gasteiger partial charge in [-0.05, 0) is 49.9 Å². The van der Waals surface area contributed by atoms with E-state index in [1.54, 1.807) is 7.05 Å². The second-order valence-corrected chi connectivity index (χ2v) is 5.58. The van der Waals surface area contributed by atoms with Crippen molar-refractivity contribution in [2.75, 3.05) is 33.4 Å². The molecule has 2 aromatic rings. The lowest BCUT2D eigenvalue weighted by atomic mass is 10.1. The minimum Gasteiger partial charge on any atom is -0.382 e. The summed E-state index contributed by atoms with van der Waals surface area (Å²) < 4.78 is 18.5. The topological polar surface area (TPSA) is 61.4 Å². The monoisotopic (exact) mass is 334 g/mol. The molecular formula is C18H27FN4O. The second-order valence-electron chi connectivity index (χ2n) is 5.58. The third-order valence-electron chi connectivity index (χ3n) is 3.85. The van der Waals surface area contributed by atoms with E-state index in [0.717, 1.165) is 62.4 Å². The standard InChI is InChI=1S/C18H27FN4O/c1-3-24-11-5-4-9-21-18(20-2)22-10-8-14-13-23-17-12-15(19)6-7-16(14)17/h6-7,12-13,23H,3-5,8-11H2,1-2H3,(H2,20,21,22). The summed E-state index contributed by atoms with van der Waals surface area (Å²) in [5.41, 5.74) is 2.01. The first kappa shape index (κ1) is 18.3. The molecule has 0 aliphatic carbocycles. The van der Waals surface area contributed by atoms with Crippen LogP contribution in [-0.2, 0) is 11.2 Å². The number of rotatable bonds is 9. The summed E-state index contributed by atoms with van der Waals surface area (Å²) in [5, 5.41) is 7.67. The zero-order chi connectivity index (χ0) is 17.2.